The molecule has 2 aromatic heterocycles. The van der Waals surface area contributed by atoms with Crippen LogP contribution in [0.2, 0.25) is 0 Å². The van der Waals surface area contributed by atoms with Crippen LogP contribution in [0.5, 0.6) is 0 Å². The Morgan fingerprint density at radius 3 is 2.14 bits per heavy atom. The molecule has 0 saturated carbocycles. The zero-order valence-corrected chi connectivity index (χ0v) is 30.1. The van der Waals surface area contributed by atoms with Crippen molar-refractivity contribution in [3.63, 3.8) is 0 Å². The topological polar surface area (TPSA) is 16.4 Å². The number of thiophene rings is 1. The molecule has 0 spiro atoms. The summed E-state index contributed by atoms with van der Waals surface area (Å²) in [6.45, 7) is 9.58. The van der Waals surface area contributed by atoms with E-state index in [1.54, 1.807) is 0 Å². The molecule has 0 unspecified atom stereocenters. The largest absolute Gasteiger partial charge is 0.455 e. The van der Waals surface area contributed by atoms with E-state index < -0.39 is 0 Å². The highest BCUT2D eigenvalue weighted by molar-refractivity contribution is 7.26. The van der Waals surface area contributed by atoms with Crippen molar-refractivity contribution >= 4 is 70.4 Å². The molecule has 3 aliphatic rings. The third-order valence-corrected chi connectivity index (χ3v) is 13.4. The molecule has 0 saturated heterocycles. The molecule has 0 fully saturated rings. The summed E-state index contributed by atoms with van der Waals surface area (Å²) in [5.41, 5.74) is 16.8. The van der Waals surface area contributed by atoms with Gasteiger partial charge in [0.05, 0.1) is 10.4 Å². The molecule has 0 atom stereocenters. The first kappa shape index (κ1) is 29.4. The number of anilines is 2. The smallest absolute Gasteiger partial charge is 0.144 e. The lowest BCUT2D eigenvalue weighted by Crippen LogP contribution is -2.23. The minimum atomic E-state index is -0.100. The molecule has 3 heteroatoms. The Morgan fingerprint density at radius 1 is 0.608 bits per heavy atom. The van der Waals surface area contributed by atoms with Crippen LogP contribution in [0.4, 0.5) is 11.4 Å². The summed E-state index contributed by atoms with van der Waals surface area (Å²) in [7, 11) is 0. The zero-order chi connectivity index (χ0) is 34.2. The normalized spacial score (nSPS) is 16.8. The number of nitrogens with zero attached hydrogens (tertiary/aromatic N) is 1. The Kier molecular flexibility index (Phi) is 5.82. The number of para-hydroxylation sites is 1. The van der Waals surface area contributed by atoms with Crippen molar-refractivity contribution in [1.82, 2.24) is 0 Å². The molecule has 0 amide bonds. The van der Waals surface area contributed by atoms with Crippen molar-refractivity contribution in [2.45, 2.75) is 51.4 Å². The number of fused-ring (bicyclic) bond motifs is 12. The van der Waals surface area contributed by atoms with Gasteiger partial charge in [0.1, 0.15) is 11.2 Å². The SMILES string of the molecule is CC1(C)C2=C(CCC(N(c3ccc4c(c3)C(C)(C)c3ccccc3-4)c3cc4c5ccccc5oc4c4c3sc3ccccc34)=C2)c2ccccc21. The van der Waals surface area contributed by atoms with Gasteiger partial charge in [-0.05, 0) is 93.8 Å². The predicted molar refractivity (Wildman–Crippen MR) is 216 cm³/mol. The molecule has 0 radical (unpaired) electrons. The van der Waals surface area contributed by atoms with Crippen molar-refractivity contribution in [2.24, 2.45) is 0 Å². The van der Waals surface area contributed by atoms with Crippen molar-refractivity contribution in [1.29, 1.82) is 0 Å². The predicted octanol–water partition coefficient (Wildman–Crippen LogP) is 13.8. The number of allylic oxidation sites excluding steroid dienone is 4. The van der Waals surface area contributed by atoms with Crippen molar-refractivity contribution in [2.75, 3.05) is 4.90 Å². The van der Waals surface area contributed by atoms with E-state index in [1.807, 2.05) is 11.3 Å². The minimum Gasteiger partial charge on any atom is -0.455 e. The second kappa shape index (κ2) is 10.1. The molecule has 3 aliphatic carbocycles. The maximum absolute atomic E-state index is 6.73. The molecule has 0 bridgehead atoms. The van der Waals surface area contributed by atoms with Gasteiger partial charge in [-0.1, -0.05) is 119 Å². The second-order valence-corrected chi connectivity index (χ2v) is 16.7. The highest BCUT2D eigenvalue weighted by atomic mass is 32.1. The number of furan rings is 1. The van der Waals surface area contributed by atoms with Gasteiger partial charge in [-0.2, -0.15) is 0 Å². The molecule has 246 valence electrons. The van der Waals surface area contributed by atoms with E-state index in [1.165, 1.54) is 87.2 Å². The summed E-state index contributed by atoms with van der Waals surface area (Å²) in [6.07, 6.45) is 4.52. The first-order valence-electron chi connectivity index (χ1n) is 18.1. The van der Waals surface area contributed by atoms with Crippen LogP contribution in [-0.2, 0) is 10.8 Å². The minimum absolute atomic E-state index is 0.0670. The van der Waals surface area contributed by atoms with Gasteiger partial charge in [0.2, 0.25) is 0 Å². The lowest BCUT2D eigenvalue weighted by atomic mass is 9.79. The first-order valence-corrected chi connectivity index (χ1v) is 19.0. The highest BCUT2D eigenvalue weighted by Crippen LogP contribution is 2.55. The van der Waals surface area contributed by atoms with E-state index >= 15 is 0 Å². The number of hydrogen-bond donors (Lipinski definition) is 0. The molecule has 8 aromatic rings. The molecular formula is C48H37NOS. The Hall–Kier alpha value is -5.38. The van der Waals surface area contributed by atoms with E-state index in [0.29, 0.717) is 0 Å². The Balaban J connectivity index is 1.23. The molecule has 0 aliphatic heterocycles. The highest BCUT2D eigenvalue weighted by Gasteiger charge is 2.40. The van der Waals surface area contributed by atoms with E-state index in [0.717, 1.165) is 29.4 Å². The Bertz CT molecular complexity index is 2870. The van der Waals surface area contributed by atoms with Gasteiger partial charge < -0.3 is 9.32 Å². The van der Waals surface area contributed by atoms with Crippen LogP contribution >= 0.6 is 11.3 Å². The lowest BCUT2D eigenvalue weighted by Gasteiger charge is -2.34. The van der Waals surface area contributed by atoms with E-state index in [9.17, 15) is 0 Å². The number of benzene rings is 6. The fraction of sp³-hybridized carbons (Fsp3) is 0.167. The zero-order valence-electron chi connectivity index (χ0n) is 29.3. The third kappa shape index (κ3) is 3.88. The average molecular weight is 676 g/mol. The van der Waals surface area contributed by atoms with E-state index in [-0.39, 0.29) is 10.8 Å². The molecule has 2 heterocycles. The second-order valence-electron chi connectivity index (χ2n) is 15.6. The summed E-state index contributed by atoms with van der Waals surface area (Å²) in [4.78, 5) is 2.61. The Morgan fingerprint density at radius 2 is 1.29 bits per heavy atom. The van der Waals surface area contributed by atoms with Gasteiger partial charge in [-0.25, -0.2) is 0 Å². The van der Waals surface area contributed by atoms with Crippen LogP contribution in [0.3, 0.4) is 0 Å². The van der Waals surface area contributed by atoms with E-state index in [4.69, 9.17) is 4.42 Å². The van der Waals surface area contributed by atoms with Gasteiger partial charge in [0.15, 0.2) is 0 Å². The maximum atomic E-state index is 6.73. The fourth-order valence-electron chi connectivity index (χ4n) is 9.67. The molecule has 51 heavy (non-hydrogen) atoms. The van der Waals surface area contributed by atoms with Crippen molar-refractivity contribution in [3.8, 4) is 11.1 Å². The fourth-order valence-corrected chi connectivity index (χ4v) is 10.9. The van der Waals surface area contributed by atoms with Crippen LogP contribution in [0.25, 0.3) is 58.8 Å². The van der Waals surface area contributed by atoms with Crippen molar-refractivity contribution in [3.05, 3.63) is 161 Å². The molecular weight excluding hydrogens is 639 g/mol. The van der Waals surface area contributed by atoms with Crippen LogP contribution < -0.4 is 4.90 Å². The van der Waals surface area contributed by atoms with Crippen LogP contribution in [0.1, 0.15) is 62.8 Å². The summed E-state index contributed by atoms with van der Waals surface area (Å²) < 4.78 is 9.27. The van der Waals surface area contributed by atoms with Crippen LogP contribution in [0, 0.1) is 0 Å². The first-order chi connectivity index (χ1) is 24.8. The maximum Gasteiger partial charge on any atom is 0.144 e. The van der Waals surface area contributed by atoms with Gasteiger partial charge >= 0.3 is 0 Å². The summed E-state index contributed by atoms with van der Waals surface area (Å²) in [5.74, 6) is 0. The molecule has 6 aromatic carbocycles. The summed E-state index contributed by atoms with van der Waals surface area (Å²) in [5, 5.41) is 4.79. The molecule has 2 nitrogen and oxygen atoms in total. The summed E-state index contributed by atoms with van der Waals surface area (Å²) >= 11 is 1.88. The number of rotatable bonds is 3. The standard InChI is InChI=1S/C48H37NOS/c1-47(2)37-17-9-5-13-30(37)32-23-21-28(25-39(32)47)49(29-22-24-33-31-14-6-10-18-38(31)48(3,4)40(33)26-29)41-27-36-34-15-7-11-19-42(34)50-45(36)44-35-16-8-12-20-43(35)51-46(41)44/h5-21,23,25-27H,22,24H2,1-4H3. The van der Waals surface area contributed by atoms with Gasteiger partial charge in [-0.15, -0.1) is 11.3 Å². The molecule has 11 rings (SSSR count). The number of hydrogen-bond acceptors (Lipinski definition) is 3. The quantitative estimate of drug-likeness (QED) is 0.185. The van der Waals surface area contributed by atoms with Crippen LogP contribution in [0.15, 0.2) is 143 Å². The summed E-state index contributed by atoms with van der Waals surface area (Å²) in [6, 6.07) is 45.0. The van der Waals surface area contributed by atoms with Gasteiger partial charge in [0, 0.05) is 48.5 Å². The van der Waals surface area contributed by atoms with E-state index in [2.05, 4.69) is 160 Å². The average Bonchev–Trinajstić information content (AvgIpc) is 3.85. The van der Waals surface area contributed by atoms with Gasteiger partial charge in [-0.3, -0.25) is 0 Å². The van der Waals surface area contributed by atoms with Crippen molar-refractivity contribution < 1.29 is 4.42 Å². The molecule has 0 N–H and O–H groups in total. The Labute approximate surface area is 302 Å². The third-order valence-electron chi connectivity index (χ3n) is 12.2. The monoisotopic (exact) mass is 675 g/mol. The van der Waals surface area contributed by atoms with Crippen LogP contribution in [-0.4, -0.2) is 0 Å². The lowest BCUT2D eigenvalue weighted by molar-refractivity contribution is 0.648. The van der Waals surface area contributed by atoms with Gasteiger partial charge in [0.25, 0.3) is 0 Å².